The zero-order valence-corrected chi connectivity index (χ0v) is 29.3. The Morgan fingerprint density at radius 3 is 2.11 bits per heavy atom. The lowest BCUT2D eigenvalue weighted by atomic mass is 9.80. The number of para-hydroxylation sites is 3. The quantitative estimate of drug-likeness (QED) is 0.186. The fraction of sp³-hybridized carbons (Fsp3) is 0.0612. The van der Waals surface area contributed by atoms with Crippen molar-refractivity contribution in [3.63, 3.8) is 0 Å². The maximum absolute atomic E-state index is 6.57. The topological polar surface area (TPSA) is 43.9 Å². The summed E-state index contributed by atoms with van der Waals surface area (Å²) < 4.78 is 8.90. The minimum absolute atomic E-state index is 0.169. The van der Waals surface area contributed by atoms with Crippen LogP contribution < -0.4 is 0 Å². The molecule has 10 aromatic rings. The van der Waals surface area contributed by atoms with Gasteiger partial charge in [0.15, 0.2) is 5.82 Å². The van der Waals surface area contributed by atoms with E-state index in [1.54, 1.807) is 0 Å². The molecule has 0 spiro atoms. The Balaban J connectivity index is 1.21. The number of hydrogen-bond acceptors (Lipinski definition) is 3. The Labute approximate surface area is 306 Å². The maximum atomic E-state index is 6.57. The lowest BCUT2D eigenvalue weighted by Gasteiger charge is -2.22. The lowest BCUT2D eigenvalue weighted by Crippen LogP contribution is -2.15. The van der Waals surface area contributed by atoms with Gasteiger partial charge in [0.1, 0.15) is 17.0 Å². The summed E-state index contributed by atoms with van der Waals surface area (Å²) in [7, 11) is 0. The monoisotopic (exact) mass is 679 g/mol. The van der Waals surface area contributed by atoms with Crippen molar-refractivity contribution in [1.82, 2.24) is 14.5 Å². The Hall–Kier alpha value is -6.78. The smallest absolute Gasteiger partial charge is 0.162 e. The summed E-state index contributed by atoms with van der Waals surface area (Å²) in [4.78, 5) is 10.7. The predicted molar refractivity (Wildman–Crippen MR) is 218 cm³/mol. The second kappa shape index (κ2) is 11.1. The Bertz CT molecular complexity index is 3090. The largest absolute Gasteiger partial charge is 0.455 e. The molecule has 0 aliphatic heterocycles. The molecule has 0 unspecified atom stereocenters. The molecule has 4 heteroatoms. The van der Waals surface area contributed by atoms with Gasteiger partial charge in [0.2, 0.25) is 0 Å². The molecule has 0 saturated heterocycles. The molecule has 7 aromatic carbocycles. The van der Waals surface area contributed by atoms with Crippen molar-refractivity contribution in [1.29, 1.82) is 0 Å². The fourth-order valence-electron chi connectivity index (χ4n) is 8.81. The third-order valence-corrected chi connectivity index (χ3v) is 11.2. The number of furan rings is 1. The maximum Gasteiger partial charge on any atom is 0.162 e. The van der Waals surface area contributed by atoms with Gasteiger partial charge in [0, 0.05) is 44.2 Å². The predicted octanol–water partition coefficient (Wildman–Crippen LogP) is 12.8. The molecule has 1 aliphatic carbocycles. The number of nitrogens with zero attached hydrogens (tertiary/aromatic N) is 3. The Morgan fingerprint density at radius 2 is 1.21 bits per heavy atom. The molecular formula is C49H33N3O. The average Bonchev–Trinajstić information content (AvgIpc) is 3.84. The second-order valence-electron chi connectivity index (χ2n) is 14.6. The van der Waals surface area contributed by atoms with Gasteiger partial charge < -0.3 is 4.42 Å². The van der Waals surface area contributed by atoms with Crippen molar-refractivity contribution in [2.45, 2.75) is 19.3 Å². The third kappa shape index (κ3) is 4.36. The molecule has 3 aromatic heterocycles. The van der Waals surface area contributed by atoms with Gasteiger partial charge >= 0.3 is 0 Å². The number of hydrogen-bond donors (Lipinski definition) is 0. The molecule has 0 fully saturated rings. The normalized spacial score (nSPS) is 13.2. The number of benzene rings is 7. The molecule has 0 atom stereocenters. The Morgan fingerprint density at radius 1 is 0.509 bits per heavy atom. The highest BCUT2D eigenvalue weighted by Crippen LogP contribution is 2.53. The summed E-state index contributed by atoms with van der Waals surface area (Å²) in [6.45, 7) is 4.72. The highest BCUT2D eigenvalue weighted by molar-refractivity contribution is 6.14. The second-order valence-corrected chi connectivity index (χ2v) is 14.6. The first kappa shape index (κ1) is 29.9. The first-order chi connectivity index (χ1) is 26.0. The van der Waals surface area contributed by atoms with E-state index in [1.165, 1.54) is 33.0 Å². The third-order valence-electron chi connectivity index (χ3n) is 11.2. The summed E-state index contributed by atoms with van der Waals surface area (Å²) in [5.74, 6) is 1.46. The minimum atomic E-state index is -0.169. The first-order valence-electron chi connectivity index (χ1n) is 18.2. The van der Waals surface area contributed by atoms with Crippen LogP contribution in [0.3, 0.4) is 0 Å². The number of fused-ring (bicyclic) bond motifs is 10. The minimum Gasteiger partial charge on any atom is -0.455 e. The average molecular weight is 680 g/mol. The standard InChI is InChI=1S/C49H33N3O/c1-49(2)39-23-9-6-18-33(39)35-26-27-42-45(46(35)49)38-20-7-10-24-41(38)52(42)44-29-40(37-22-13-21-36-34-19-8-11-25-43(34)53-47(36)37)50-48(51-44)32-17-12-16-31(28-32)30-14-4-3-5-15-30/h3-29H,1-2H3. The van der Waals surface area contributed by atoms with Crippen LogP contribution in [0.15, 0.2) is 168 Å². The number of rotatable bonds is 4. The zero-order chi connectivity index (χ0) is 35.3. The first-order valence-corrected chi connectivity index (χ1v) is 18.2. The van der Waals surface area contributed by atoms with Gasteiger partial charge in [-0.1, -0.05) is 141 Å². The molecule has 1 aliphatic rings. The molecule has 3 heterocycles. The summed E-state index contributed by atoms with van der Waals surface area (Å²) >= 11 is 0. The van der Waals surface area contributed by atoms with Gasteiger partial charge in [0.25, 0.3) is 0 Å². The SMILES string of the molecule is CC1(C)c2ccccc2-c2ccc3c(c21)c1ccccc1n3-c1cc(-c2cccc3c2oc2ccccc23)nc(-c2cccc(-c3ccccc3)c2)n1. The Kier molecular flexibility index (Phi) is 6.27. The highest BCUT2D eigenvalue weighted by Gasteiger charge is 2.38. The highest BCUT2D eigenvalue weighted by atomic mass is 16.3. The molecule has 0 N–H and O–H groups in total. The van der Waals surface area contributed by atoms with E-state index in [9.17, 15) is 0 Å². The molecule has 4 nitrogen and oxygen atoms in total. The van der Waals surface area contributed by atoms with Crippen LogP contribution in [-0.2, 0) is 5.41 Å². The summed E-state index contributed by atoms with van der Waals surface area (Å²) in [5.41, 5.74) is 14.1. The van der Waals surface area contributed by atoms with Crippen LogP contribution in [0.1, 0.15) is 25.0 Å². The van der Waals surface area contributed by atoms with E-state index < -0.39 is 0 Å². The van der Waals surface area contributed by atoms with Crippen LogP contribution in [0.25, 0.3) is 94.5 Å². The molecule has 0 saturated carbocycles. The van der Waals surface area contributed by atoms with Gasteiger partial charge in [0.05, 0.1) is 16.7 Å². The van der Waals surface area contributed by atoms with E-state index in [0.717, 1.165) is 66.7 Å². The molecule has 0 amide bonds. The molecular weight excluding hydrogens is 647 g/mol. The van der Waals surface area contributed by atoms with Crippen molar-refractivity contribution in [3.8, 4) is 50.7 Å². The van der Waals surface area contributed by atoms with Crippen LogP contribution >= 0.6 is 0 Å². The summed E-state index contributed by atoms with van der Waals surface area (Å²) in [6.07, 6.45) is 0. The lowest BCUT2D eigenvalue weighted by molar-refractivity contribution is 0.666. The van der Waals surface area contributed by atoms with Crippen molar-refractivity contribution in [2.24, 2.45) is 0 Å². The van der Waals surface area contributed by atoms with Crippen LogP contribution in [-0.4, -0.2) is 14.5 Å². The van der Waals surface area contributed by atoms with Crippen molar-refractivity contribution in [3.05, 3.63) is 175 Å². The molecule has 11 rings (SSSR count). The van der Waals surface area contributed by atoms with Crippen LogP contribution in [0.4, 0.5) is 0 Å². The van der Waals surface area contributed by atoms with E-state index in [1.807, 2.05) is 18.2 Å². The summed E-state index contributed by atoms with van der Waals surface area (Å²) in [5, 5.41) is 4.65. The summed E-state index contributed by atoms with van der Waals surface area (Å²) in [6, 6.07) is 57.9. The molecule has 0 radical (unpaired) electrons. The van der Waals surface area contributed by atoms with Gasteiger partial charge in [-0.25, -0.2) is 9.97 Å². The van der Waals surface area contributed by atoms with Crippen molar-refractivity contribution in [2.75, 3.05) is 0 Å². The van der Waals surface area contributed by atoms with E-state index in [2.05, 4.69) is 164 Å². The van der Waals surface area contributed by atoms with Gasteiger partial charge in [-0.2, -0.15) is 0 Å². The van der Waals surface area contributed by atoms with Gasteiger partial charge in [-0.3, -0.25) is 4.57 Å². The van der Waals surface area contributed by atoms with E-state index in [-0.39, 0.29) is 5.41 Å². The molecule has 250 valence electrons. The molecule has 0 bridgehead atoms. The van der Waals surface area contributed by atoms with Gasteiger partial charge in [-0.05, 0) is 63.7 Å². The van der Waals surface area contributed by atoms with Crippen LogP contribution in [0.5, 0.6) is 0 Å². The van der Waals surface area contributed by atoms with Crippen LogP contribution in [0, 0.1) is 0 Å². The van der Waals surface area contributed by atoms with E-state index in [0.29, 0.717) is 5.82 Å². The number of aromatic nitrogens is 3. The fourth-order valence-corrected chi connectivity index (χ4v) is 8.81. The van der Waals surface area contributed by atoms with E-state index >= 15 is 0 Å². The molecule has 53 heavy (non-hydrogen) atoms. The van der Waals surface area contributed by atoms with Gasteiger partial charge in [-0.15, -0.1) is 0 Å². The van der Waals surface area contributed by atoms with Crippen LogP contribution in [0.2, 0.25) is 0 Å². The van der Waals surface area contributed by atoms with E-state index in [4.69, 9.17) is 14.4 Å². The zero-order valence-electron chi connectivity index (χ0n) is 29.3. The van der Waals surface area contributed by atoms with Crippen molar-refractivity contribution < 1.29 is 4.42 Å². The van der Waals surface area contributed by atoms with Crippen molar-refractivity contribution >= 4 is 43.7 Å².